The first-order chi connectivity index (χ1) is 14.5. The number of carbonyl (C=O) groups is 3. The van der Waals surface area contributed by atoms with Crippen LogP contribution in [0.4, 0.5) is 4.79 Å². The number of benzene rings is 1. The molecule has 31 heavy (non-hydrogen) atoms. The third kappa shape index (κ3) is 7.45. The zero-order valence-corrected chi connectivity index (χ0v) is 19.4. The van der Waals surface area contributed by atoms with Crippen LogP contribution < -0.4 is 10.1 Å². The van der Waals surface area contributed by atoms with Gasteiger partial charge in [0.05, 0.1) is 0 Å². The Morgan fingerprint density at radius 1 is 1.00 bits per heavy atom. The standard InChI is InChI=1S/C23H35N3O5/c1-16(2)18-9-7-8-10-19(18)30-17(3)21(28)26-13-11-25(12-14-26)20(27)15-24-22(29)31-23(4,5)6/h7-10,16-17H,11-15H2,1-6H3,(H,24,29). The number of nitrogens with zero attached hydrogens (tertiary/aromatic N) is 2. The lowest BCUT2D eigenvalue weighted by Gasteiger charge is -2.36. The Bertz CT molecular complexity index is 780. The van der Waals surface area contributed by atoms with Crippen LogP contribution in [-0.4, -0.2) is 72.1 Å². The highest BCUT2D eigenvalue weighted by atomic mass is 16.6. The van der Waals surface area contributed by atoms with Gasteiger partial charge in [0.1, 0.15) is 17.9 Å². The summed E-state index contributed by atoms with van der Waals surface area (Å²) in [5.74, 6) is 0.716. The molecule has 0 spiro atoms. The third-order valence-electron chi connectivity index (χ3n) is 4.92. The monoisotopic (exact) mass is 433 g/mol. The lowest BCUT2D eigenvalue weighted by Crippen LogP contribution is -2.54. The number of hydrogen-bond donors (Lipinski definition) is 1. The van der Waals surface area contributed by atoms with Gasteiger partial charge in [-0.3, -0.25) is 9.59 Å². The summed E-state index contributed by atoms with van der Waals surface area (Å²) in [6.45, 7) is 12.8. The van der Waals surface area contributed by atoms with Crippen molar-refractivity contribution in [2.75, 3.05) is 32.7 Å². The van der Waals surface area contributed by atoms with E-state index in [-0.39, 0.29) is 18.4 Å². The van der Waals surface area contributed by atoms with Crippen molar-refractivity contribution in [1.82, 2.24) is 15.1 Å². The first-order valence-electron chi connectivity index (χ1n) is 10.8. The number of hydrogen-bond acceptors (Lipinski definition) is 5. The minimum atomic E-state index is -0.623. The molecule has 1 atom stereocenters. The van der Waals surface area contributed by atoms with Crippen LogP contribution in [0.3, 0.4) is 0 Å². The van der Waals surface area contributed by atoms with E-state index in [0.717, 1.165) is 11.3 Å². The fraction of sp³-hybridized carbons (Fsp3) is 0.609. The van der Waals surface area contributed by atoms with Crippen LogP contribution in [0.25, 0.3) is 0 Å². The maximum atomic E-state index is 12.8. The van der Waals surface area contributed by atoms with Crippen LogP contribution in [0.1, 0.15) is 53.0 Å². The predicted molar refractivity (Wildman–Crippen MR) is 118 cm³/mol. The second kappa shape index (κ2) is 10.5. The Morgan fingerprint density at radius 2 is 1.58 bits per heavy atom. The van der Waals surface area contributed by atoms with Gasteiger partial charge in [0.2, 0.25) is 5.91 Å². The largest absolute Gasteiger partial charge is 0.481 e. The number of amides is 3. The molecule has 172 valence electrons. The van der Waals surface area contributed by atoms with Gasteiger partial charge in [-0.1, -0.05) is 32.0 Å². The first-order valence-corrected chi connectivity index (χ1v) is 10.8. The Labute approximate surface area is 184 Å². The van der Waals surface area contributed by atoms with Crippen LogP contribution in [-0.2, 0) is 14.3 Å². The summed E-state index contributed by atoms with van der Waals surface area (Å²) in [5, 5.41) is 2.48. The van der Waals surface area contributed by atoms with E-state index in [1.54, 1.807) is 37.5 Å². The van der Waals surface area contributed by atoms with Gasteiger partial charge in [-0.15, -0.1) is 0 Å². The fourth-order valence-corrected chi connectivity index (χ4v) is 3.31. The number of para-hydroxylation sites is 1. The number of alkyl carbamates (subject to hydrolysis) is 1. The summed E-state index contributed by atoms with van der Waals surface area (Å²) in [6, 6.07) is 7.75. The average Bonchev–Trinajstić information content (AvgIpc) is 2.70. The maximum absolute atomic E-state index is 12.8. The normalized spacial score (nSPS) is 15.5. The minimum Gasteiger partial charge on any atom is -0.481 e. The molecule has 2 rings (SSSR count). The van der Waals surface area contributed by atoms with Gasteiger partial charge in [-0.2, -0.15) is 0 Å². The molecule has 8 nitrogen and oxygen atoms in total. The molecule has 1 heterocycles. The van der Waals surface area contributed by atoms with E-state index in [9.17, 15) is 14.4 Å². The van der Waals surface area contributed by atoms with Gasteiger partial charge in [-0.05, 0) is 45.2 Å². The minimum absolute atomic E-state index is 0.0995. The van der Waals surface area contributed by atoms with Crippen molar-refractivity contribution in [3.63, 3.8) is 0 Å². The van der Waals surface area contributed by atoms with Crippen LogP contribution >= 0.6 is 0 Å². The van der Waals surface area contributed by atoms with Crippen LogP contribution in [0.5, 0.6) is 5.75 Å². The fourth-order valence-electron chi connectivity index (χ4n) is 3.31. The molecular formula is C23H35N3O5. The maximum Gasteiger partial charge on any atom is 0.408 e. The zero-order valence-electron chi connectivity index (χ0n) is 19.4. The number of carbonyl (C=O) groups excluding carboxylic acids is 3. The molecule has 0 bridgehead atoms. The third-order valence-corrected chi connectivity index (χ3v) is 4.92. The molecule has 0 radical (unpaired) electrons. The lowest BCUT2D eigenvalue weighted by atomic mass is 10.0. The van der Waals surface area contributed by atoms with E-state index >= 15 is 0 Å². The highest BCUT2D eigenvalue weighted by molar-refractivity contribution is 5.83. The molecule has 1 aromatic rings. The van der Waals surface area contributed by atoms with E-state index in [0.29, 0.717) is 32.1 Å². The lowest BCUT2D eigenvalue weighted by molar-refractivity contribution is -0.143. The van der Waals surface area contributed by atoms with Crippen molar-refractivity contribution in [1.29, 1.82) is 0 Å². The van der Waals surface area contributed by atoms with Gasteiger partial charge in [0, 0.05) is 26.2 Å². The first kappa shape index (κ1) is 24.5. The van der Waals surface area contributed by atoms with Gasteiger partial charge in [0.15, 0.2) is 6.10 Å². The van der Waals surface area contributed by atoms with Crippen LogP contribution in [0, 0.1) is 0 Å². The Kier molecular flexibility index (Phi) is 8.30. The van der Waals surface area contributed by atoms with E-state index in [1.807, 2.05) is 24.3 Å². The Morgan fingerprint density at radius 3 is 2.16 bits per heavy atom. The quantitative estimate of drug-likeness (QED) is 0.745. The van der Waals surface area contributed by atoms with Crippen molar-refractivity contribution < 1.29 is 23.9 Å². The molecule has 1 unspecified atom stereocenters. The highest BCUT2D eigenvalue weighted by Crippen LogP contribution is 2.27. The zero-order chi connectivity index (χ0) is 23.2. The van der Waals surface area contributed by atoms with E-state index in [2.05, 4.69) is 19.2 Å². The Balaban J connectivity index is 1.82. The Hall–Kier alpha value is -2.77. The number of rotatable bonds is 6. The van der Waals surface area contributed by atoms with Crippen molar-refractivity contribution in [3.8, 4) is 5.75 Å². The number of piperazine rings is 1. The van der Waals surface area contributed by atoms with Crippen molar-refractivity contribution in [2.45, 2.75) is 59.2 Å². The van der Waals surface area contributed by atoms with Crippen LogP contribution in [0.2, 0.25) is 0 Å². The van der Waals surface area contributed by atoms with Gasteiger partial charge in [-0.25, -0.2) is 4.79 Å². The van der Waals surface area contributed by atoms with E-state index in [4.69, 9.17) is 9.47 Å². The van der Waals surface area contributed by atoms with Gasteiger partial charge in [0.25, 0.3) is 5.91 Å². The average molecular weight is 434 g/mol. The summed E-state index contributed by atoms with van der Waals surface area (Å²) < 4.78 is 11.1. The van der Waals surface area contributed by atoms with E-state index < -0.39 is 17.8 Å². The molecule has 3 amide bonds. The second-order valence-corrected chi connectivity index (χ2v) is 9.01. The molecule has 1 fully saturated rings. The smallest absolute Gasteiger partial charge is 0.408 e. The van der Waals surface area contributed by atoms with Crippen molar-refractivity contribution in [3.05, 3.63) is 29.8 Å². The SMILES string of the molecule is CC(Oc1ccccc1C(C)C)C(=O)N1CCN(C(=O)CNC(=O)OC(C)(C)C)CC1. The summed E-state index contributed by atoms with van der Waals surface area (Å²) in [6.07, 6.45) is -1.24. The molecule has 1 N–H and O–H groups in total. The molecule has 0 aromatic heterocycles. The molecule has 1 aliphatic rings. The number of nitrogens with one attached hydrogen (secondary N) is 1. The van der Waals surface area contributed by atoms with Gasteiger partial charge < -0.3 is 24.6 Å². The molecule has 1 saturated heterocycles. The summed E-state index contributed by atoms with van der Waals surface area (Å²) in [7, 11) is 0. The molecular weight excluding hydrogens is 398 g/mol. The summed E-state index contributed by atoms with van der Waals surface area (Å²) in [5.41, 5.74) is 0.447. The molecule has 0 aliphatic carbocycles. The summed E-state index contributed by atoms with van der Waals surface area (Å²) in [4.78, 5) is 40.2. The molecule has 1 aromatic carbocycles. The van der Waals surface area contributed by atoms with Crippen molar-refractivity contribution >= 4 is 17.9 Å². The number of ether oxygens (including phenoxy) is 2. The van der Waals surface area contributed by atoms with Crippen molar-refractivity contribution in [2.24, 2.45) is 0 Å². The molecule has 0 saturated carbocycles. The molecule has 8 heteroatoms. The van der Waals surface area contributed by atoms with E-state index in [1.165, 1.54) is 0 Å². The summed E-state index contributed by atoms with van der Waals surface area (Å²) >= 11 is 0. The van der Waals surface area contributed by atoms with Crippen LogP contribution in [0.15, 0.2) is 24.3 Å². The topological polar surface area (TPSA) is 88.2 Å². The predicted octanol–water partition coefficient (Wildman–Crippen LogP) is 2.77. The van der Waals surface area contributed by atoms with Gasteiger partial charge >= 0.3 is 6.09 Å². The molecule has 1 aliphatic heterocycles. The second-order valence-electron chi connectivity index (χ2n) is 9.01. The highest BCUT2D eigenvalue weighted by Gasteiger charge is 2.28.